The van der Waals surface area contributed by atoms with Crippen LogP contribution in [0.25, 0.3) is 5.76 Å². The minimum Gasteiger partial charge on any atom is -0.507 e. The van der Waals surface area contributed by atoms with Crippen LogP contribution in [-0.4, -0.2) is 34.3 Å². The minimum atomic E-state index is -1.00. The highest BCUT2D eigenvalue weighted by Gasteiger charge is 2.47. The topological polar surface area (TPSA) is 127 Å². The molecule has 1 heterocycles. The maximum absolute atomic E-state index is 13.3. The van der Waals surface area contributed by atoms with E-state index in [-0.39, 0.29) is 34.7 Å². The molecule has 36 heavy (non-hydrogen) atoms. The Labute approximate surface area is 206 Å². The van der Waals surface area contributed by atoms with Gasteiger partial charge in [0.2, 0.25) is 0 Å². The highest BCUT2D eigenvalue weighted by Crippen LogP contribution is 2.42. The van der Waals surface area contributed by atoms with Gasteiger partial charge in [0.1, 0.15) is 5.76 Å². The van der Waals surface area contributed by atoms with Crippen LogP contribution in [0.2, 0.25) is 0 Å². The van der Waals surface area contributed by atoms with Gasteiger partial charge >= 0.3 is 5.97 Å². The van der Waals surface area contributed by atoms with E-state index >= 15 is 0 Å². The number of nitrogens with zero attached hydrogens (tertiary/aromatic N) is 2. The van der Waals surface area contributed by atoms with Crippen LogP contribution < -0.4 is 4.90 Å². The number of carbonyl (C=O) groups is 3. The van der Waals surface area contributed by atoms with Crippen molar-refractivity contribution in [2.24, 2.45) is 0 Å². The Kier molecular flexibility index (Phi) is 6.64. The zero-order valence-corrected chi connectivity index (χ0v) is 19.5. The molecule has 1 aliphatic heterocycles. The Bertz CT molecular complexity index is 1410. The first-order chi connectivity index (χ1) is 17.2. The number of hydrogen-bond acceptors (Lipinski definition) is 7. The van der Waals surface area contributed by atoms with Crippen LogP contribution in [0, 0.1) is 17.0 Å². The molecule has 0 aliphatic carbocycles. The van der Waals surface area contributed by atoms with Gasteiger partial charge in [0.15, 0.2) is 0 Å². The molecule has 1 saturated heterocycles. The summed E-state index contributed by atoms with van der Waals surface area (Å²) in [6, 6.07) is 17.3. The number of aryl methyl sites for hydroxylation is 1. The summed E-state index contributed by atoms with van der Waals surface area (Å²) in [7, 11) is 0. The molecule has 1 unspecified atom stereocenters. The number of hydrogen-bond donors (Lipinski definition) is 1. The number of nitro benzene ring substituents is 1. The predicted molar refractivity (Wildman–Crippen MR) is 131 cm³/mol. The number of esters is 1. The van der Waals surface area contributed by atoms with E-state index in [1.54, 1.807) is 37.3 Å². The van der Waals surface area contributed by atoms with Crippen LogP contribution in [0.3, 0.4) is 0 Å². The molecule has 1 N–H and O–H groups in total. The van der Waals surface area contributed by atoms with Crippen molar-refractivity contribution in [1.82, 2.24) is 0 Å². The van der Waals surface area contributed by atoms with Crippen LogP contribution in [0.4, 0.5) is 11.4 Å². The van der Waals surface area contributed by atoms with Crippen molar-refractivity contribution < 1.29 is 29.2 Å². The van der Waals surface area contributed by atoms with Crippen LogP contribution in [0.15, 0.2) is 78.4 Å². The summed E-state index contributed by atoms with van der Waals surface area (Å²) >= 11 is 0. The fourth-order valence-corrected chi connectivity index (χ4v) is 4.15. The first kappa shape index (κ1) is 24.3. The highest BCUT2D eigenvalue weighted by atomic mass is 16.6. The number of ether oxygens (including phenoxy) is 1. The Hall–Kier alpha value is -4.79. The largest absolute Gasteiger partial charge is 0.507 e. The molecule has 9 heteroatoms. The molecular formula is C27H22N2O7. The number of ketones is 1. The fraction of sp³-hybridized carbons (Fsp3) is 0.148. The third-order valence-electron chi connectivity index (χ3n) is 5.79. The third kappa shape index (κ3) is 4.46. The average molecular weight is 486 g/mol. The molecule has 4 rings (SSSR count). The second-order valence-corrected chi connectivity index (χ2v) is 8.16. The quantitative estimate of drug-likeness (QED) is 0.134. The van der Waals surface area contributed by atoms with Crippen LogP contribution in [0.1, 0.15) is 40.0 Å². The maximum atomic E-state index is 13.3. The summed E-state index contributed by atoms with van der Waals surface area (Å²) in [5.74, 6) is -2.84. The van der Waals surface area contributed by atoms with E-state index in [1.807, 2.05) is 13.0 Å². The standard InChI is InChI=1S/C27H22N2O7/c1-3-36-27(33)19-8-5-9-21(15-19)28-23(18-7-4-6-16(2)14-18)22(25(31)26(28)32)24(30)17-10-12-20(13-11-17)29(34)35/h4-15,23,30H,3H2,1-2H3/b24-22+. The number of rotatable bonds is 6. The molecule has 1 fully saturated rings. The van der Waals surface area contributed by atoms with E-state index in [2.05, 4.69) is 0 Å². The van der Waals surface area contributed by atoms with Crippen molar-refractivity contribution in [2.75, 3.05) is 11.5 Å². The second kappa shape index (κ2) is 9.83. The molecule has 1 amide bonds. The summed E-state index contributed by atoms with van der Waals surface area (Å²) in [5, 5.41) is 22.2. The average Bonchev–Trinajstić information content (AvgIpc) is 3.14. The Balaban J connectivity index is 1.90. The molecular weight excluding hydrogens is 464 g/mol. The van der Waals surface area contributed by atoms with Gasteiger partial charge < -0.3 is 9.84 Å². The van der Waals surface area contributed by atoms with Crippen LogP contribution in [-0.2, 0) is 14.3 Å². The number of benzene rings is 3. The van der Waals surface area contributed by atoms with Crippen LogP contribution >= 0.6 is 0 Å². The number of Topliss-reactive ketones (excluding diaryl/α,β-unsaturated/α-hetero) is 1. The minimum absolute atomic E-state index is 0.150. The zero-order valence-electron chi connectivity index (χ0n) is 19.5. The molecule has 9 nitrogen and oxygen atoms in total. The molecule has 1 atom stereocenters. The van der Waals surface area contributed by atoms with Gasteiger partial charge in [-0.15, -0.1) is 0 Å². The molecule has 0 spiro atoms. The van der Waals surface area contributed by atoms with Crippen LogP contribution in [0.5, 0.6) is 0 Å². The molecule has 182 valence electrons. The molecule has 0 radical (unpaired) electrons. The van der Waals surface area contributed by atoms with Crippen molar-refractivity contribution in [2.45, 2.75) is 19.9 Å². The van der Waals surface area contributed by atoms with Gasteiger partial charge in [-0.2, -0.15) is 0 Å². The van der Waals surface area contributed by atoms with Gasteiger partial charge in [0.25, 0.3) is 17.4 Å². The summed E-state index contributed by atoms with van der Waals surface area (Å²) in [6.45, 7) is 3.70. The first-order valence-corrected chi connectivity index (χ1v) is 11.1. The van der Waals surface area contributed by atoms with Gasteiger partial charge in [-0.3, -0.25) is 24.6 Å². The van der Waals surface area contributed by atoms with E-state index in [1.165, 1.54) is 41.3 Å². The van der Waals surface area contributed by atoms with Gasteiger partial charge in [-0.05, 0) is 49.7 Å². The van der Waals surface area contributed by atoms with Gasteiger partial charge in [0.05, 0.1) is 28.7 Å². The Morgan fingerprint density at radius 1 is 1.03 bits per heavy atom. The number of aliphatic hydroxyl groups is 1. The van der Waals surface area contributed by atoms with E-state index in [4.69, 9.17) is 4.74 Å². The summed E-state index contributed by atoms with van der Waals surface area (Å²) < 4.78 is 5.06. The molecule has 1 aliphatic rings. The molecule has 3 aromatic carbocycles. The predicted octanol–water partition coefficient (Wildman–Crippen LogP) is 4.71. The lowest BCUT2D eigenvalue weighted by Gasteiger charge is -2.26. The highest BCUT2D eigenvalue weighted by molar-refractivity contribution is 6.51. The zero-order chi connectivity index (χ0) is 26.0. The van der Waals surface area contributed by atoms with Gasteiger partial charge in [0, 0.05) is 23.4 Å². The van der Waals surface area contributed by atoms with Crippen molar-refractivity contribution in [3.8, 4) is 0 Å². The van der Waals surface area contributed by atoms with E-state index in [0.29, 0.717) is 5.56 Å². The molecule has 0 saturated carbocycles. The Morgan fingerprint density at radius 2 is 1.72 bits per heavy atom. The fourth-order valence-electron chi connectivity index (χ4n) is 4.15. The summed E-state index contributed by atoms with van der Waals surface area (Å²) in [4.78, 5) is 50.5. The number of nitro groups is 1. The smallest absolute Gasteiger partial charge is 0.338 e. The van der Waals surface area contributed by atoms with Gasteiger partial charge in [-0.25, -0.2) is 4.79 Å². The summed E-state index contributed by atoms with van der Waals surface area (Å²) in [5.41, 5.74) is 1.72. The summed E-state index contributed by atoms with van der Waals surface area (Å²) in [6.07, 6.45) is 0. The molecule has 0 aromatic heterocycles. The van der Waals surface area contributed by atoms with Crippen molar-refractivity contribution in [3.05, 3.63) is 111 Å². The van der Waals surface area contributed by atoms with Crippen molar-refractivity contribution in [3.63, 3.8) is 0 Å². The second-order valence-electron chi connectivity index (χ2n) is 8.16. The molecule has 3 aromatic rings. The number of non-ortho nitro benzene ring substituents is 1. The number of amides is 1. The third-order valence-corrected chi connectivity index (χ3v) is 5.79. The Morgan fingerprint density at radius 3 is 2.36 bits per heavy atom. The van der Waals surface area contributed by atoms with Crippen molar-refractivity contribution in [1.29, 1.82) is 0 Å². The lowest BCUT2D eigenvalue weighted by atomic mass is 9.94. The van der Waals surface area contributed by atoms with E-state index in [0.717, 1.165) is 5.56 Å². The molecule has 0 bridgehead atoms. The number of carbonyl (C=O) groups excluding carboxylic acids is 3. The SMILES string of the molecule is CCOC(=O)c1cccc(N2C(=O)C(=O)/C(=C(/O)c3ccc([N+](=O)[O-])cc3)C2c2cccc(C)c2)c1. The normalized spacial score (nSPS) is 16.7. The van der Waals surface area contributed by atoms with Gasteiger partial charge in [-0.1, -0.05) is 35.9 Å². The number of aliphatic hydroxyl groups excluding tert-OH is 1. The first-order valence-electron chi connectivity index (χ1n) is 11.1. The van der Waals surface area contributed by atoms with Crippen molar-refractivity contribution >= 4 is 34.8 Å². The monoisotopic (exact) mass is 486 g/mol. The number of anilines is 1. The maximum Gasteiger partial charge on any atom is 0.338 e. The lowest BCUT2D eigenvalue weighted by molar-refractivity contribution is -0.384. The lowest BCUT2D eigenvalue weighted by Crippen LogP contribution is -2.29. The van der Waals surface area contributed by atoms with E-state index in [9.17, 15) is 29.6 Å². The van der Waals surface area contributed by atoms with E-state index < -0.39 is 34.4 Å².